The van der Waals surface area contributed by atoms with Gasteiger partial charge in [0.25, 0.3) is 0 Å². The summed E-state index contributed by atoms with van der Waals surface area (Å²) < 4.78 is 4.38. The fourth-order valence-electron chi connectivity index (χ4n) is 0.625. The third-order valence-electron chi connectivity index (χ3n) is 1.64. The van der Waals surface area contributed by atoms with E-state index < -0.39 is 17.4 Å². The molecule has 0 aliphatic heterocycles. The molecule has 13 heavy (non-hydrogen) atoms. The van der Waals surface area contributed by atoms with E-state index in [0.717, 1.165) is 0 Å². The molecule has 2 N–H and O–H groups in total. The average Bonchev–Trinajstić information content (AvgIpc) is 2.03. The van der Waals surface area contributed by atoms with Gasteiger partial charge in [-0.2, -0.15) is 0 Å². The summed E-state index contributed by atoms with van der Waals surface area (Å²) in [6, 6.07) is 0. The molecule has 0 spiro atoms. The van der Waals surface area contributed by atoms with E-state index in [0.29, 0.717) is 0 Å². The molecule has 0 amide bonds. The molecule has 0 aromatic heterocycles. The molecule has 0 aliphatic rings. The Bertz CT molecular complexity index is 200. The smallest absolute Gasteiger partial charge is 0.319 e. The van der Waals surface area contributed by atoms with E-state index in [1.807, 2.05) is 0 Å². The molecule has 0 rings (SSSR count). The Morgan fingerprint density at radius 1 is 1.46 bits per heavy atom. The van der Waals surface area contributed by atoms with Gasteiger partial charge in [-0.25, -0.2) is 0 Å². The van der Waals surface area contributed by atoms with E-state index in [4.69, 9.17) is 5.11 Å². The van der Waals surface area contributed by atoms with E-state index in [9.17, 15) is 9.59 Å². The number of carbonyl (C=O) groups is 2. The van der Waals surface area contributed by atoms with Crippen molar-refractivity contribution in [2.24, 2.45) is 5.41 Å². The monoisotopic (exact) mass is 189 g/mol. The predicted molar refractivity (Wildman–Crippen MR) is 46.3 cm³/mol. The second-order valence-electron chi connectivity index (χ2n) is 3.37. The highest BCUT2D eigenvalue weighted by atomic mass is 16.5. The van der Waals surface area contributed by atoms with Crippen molar-refractivity contribution in [3.05, 3.63) is 0 Å². The minimum atomic E-state index is -0.898. The van der Waals surface area contributed by atoms with Crippen LogP contribution >= 0.6 is 0 Å². The number of carboxylic acids is 1. The number of aliphatic carboxylic acids is 1. The highest BCUT2D eigenvalue weighted by Gasteiger charge is 2.26. The van der Waals surface area contributed by atoms with Crippen LogP contribution in [0.5, 0.6) is 0 Å². The van der Waals surface area contributed by atoms with Gasteiger partial charge in [0.15, 0.2) is 0 Å². The fourth-order valence-corrected chi connectivity index (χ4v) is 0.625. The summed E-state index contributed by atoms with van der Waals surface area (Å²) in [6.45, 7) is 3.43. The van der Waals surface area contributed by atoms with Crippen LogP contribution < -0.4 is 5.32 Å². The van der Waals surface area contributed by atoms with Gasteiger partial charge in [0.05, 0.1) is 19.1 Å². The molecule has 76 valence electrons. The summed E-state index contributed by atoms with van der Waals surface area (Å²) in [7, 11) is 1.28. The van der Waals surface area contributed by atoms with Gasteiger partial charge in [-0.05, 0) is 13.8 Å². The number of esters is 1. The van der Waals surface area contributed by atoms with Gasteiger partial charge in [0, 0.05) is 6.54 Å². The summed E-state index contributed by atoms with van der Waals surface area (Å²) >= 11 is 0. The van der Waals surface area contributed by atoms with Crippen molar-refractivity contribution in [3.63, 3.8) is 0 Å². The summed E-state index contributed by atoms with van der Waals surface area (Å²) in [5, 5.41) is 11.4. The molecular weight excluding hydrogens is 174 g/mol. The Labute approximate surface area is 77.1 Å². The maximum atomic E-state index is 10.6. The lowest BCUT2D eigenvalue weighted by atomic mass is 9.94. The van der Waals surface area contributed by atoms with Crippen molar-refractivity contribution < 1.29 is 19.4 Å². The van der Waals surface area contributed by atoms with Gasteiger partial charge >= 0.3 is 11.9 Å². The molecule has 0 aromatic carbocycles. The van der Waals surface area contributed by atoms with Crippen LogP contribution in [-0.2, 0) is 14.3 Å². The fraction of sp³-hybridized carbons (Fsp3) is 0.750. The lowest BCUT2D eigenvalue weighted by Gasteiger charge is -2.18. The highest BCUT2D eigenvalue weighted by molar-refractivity contribution is 5.74. The largest absolute Gasteiger partial charge is 0.481 e. The number of ether oxygens (including phenoxy) is 1. The number of nitrogens with one attached hydrogen (secondary N) is 1. The summed E-state index contributed by atoms with van der Waals surface area (Å²) in [4.78, 5) is 21.2. The zero-order valence-corrected chi connectivity index (χ0v) is 8.09. The quantitative estimate of drug-likeness (QED) is 0.589. The lowest BCUT2D eigenvalue weighted by molar-refractivity contribution is -0.147. The Hall–Kier alpha value is -1.10. The van der Waals surface area contributed by atoms with E-state index in [1.165, 1.54) is 7.11 Å². The van der Waals surface area contributed by atoms with Crippen LogP contribution in [0.25, 0.3) is 0 Å². The second kappa shape index (κ2) is 4.81. The van der Waals surface area contributed by atoms with E-state index in [-0.39, 0.29) is 13.1 Å². The first-order chi connectivity index (χ1) is 5.90. The number of carbonyl (C=O) groups excluding carboxylic acids is 1. The third kappa shape index (κ3) is 4.47. The second-order valence-corrected chi connectivity index (χ2v) is 3.37. The molecule has 0 radical (unpaired) electrons. The molecular formula is C8H15NO4. The van der Waals surface area contributed by atoms with Crippen LogP contribution in [0.4, 0.5) is 0 Å². The normalized spacial score (nSPS) is 11.0. The summed E-state index contributed by atoms with van der Waals surface area (Å²) in [5.41, 5.74) is -0.867. The van der Waals surface area contributed by atoms with Crippen LogP contribution in [0, 0.1) is 5.41 Å². The van der Waals surface area contributed by atoms with Crippen LogP contribution in [-0.4, -0.2) is 37.2 Å². The maximum absolute atomic E-state index is 10.6. The Morgan fingerprint density at radius 2 is 2.00 bits per heavy atom. The topological polar surface area (TPSA) is 75.6 Å². The summed E-state index contributed by atoms with van der Waals surface area (Å²) in [5.74, 6) is -1.30. The molecule has 0 fully saturated rings. The first-order valence-electron chi connectivity index (χ1n) is 3.91. The van der Waals surface area contributed by atoms with Crippen molar-refractivity contribution in [2.75, 3.05) is 20.2 Å². The number of rotatable bonds is 5. The van der Waals surface area contributed by atoms with Gasteiger partial charge in [-0.15, -0.1) is 0 Å². The molecule has 0 atom stereocenters. The molecule has 0 heterocycles. The number of methoxy groups -OCH3 is 1. The predicted octanol–water partition coefficient (Wildman–Crippen LogP) is -0.140. The number of hydrogen-bond acceptors (Lipinski definition) is 4. The van der Waals surface area contributed by atoms with Crippen LogP contribution in [0.1, 0.15) is 13.8 Å². The van der Waals surface area contributed by atoms with E-state index in [2.05, 4.69) is 10.1 Å². The first-order valence-corrected chi connectivity index (χ1v) is 3.91. The Morgan fingerprint density at radius 3 is 2.38 bits per heavy atom. The molecule has 0 aliphatic carbocycles. The molecule has 0 bridgehead atoms. The van der Waals surface area contributed by atoms with Gasteiger partial charge in [0.2, 0.25) is 0 Å². The minimum absolute atomic E-state index is 0.0349. The highest BCUT2D eigenvalue weighted by Crippen LogP contribution is 2.12. The van der Waals surface area contributed by atoms with Gasteiger partial charge in [-0.1, -0.05) is 0 Å². The first kappa shape index (κ1) is 11.9. The molecule has 0 saturated carbocycles. The van der Waals surface area contributed by atoms with Crippen molar-refractivity contribution in [2.45, 2.75) is 13.8 Å². The van der Waals surface area contributed by atoms with Crippen LogP contribution in [0.2, 0.25) is 0 Å². The minimum Gasteiger partial charge on any atom is -0.481 e. The van der Waals surface area contributed by atoms with Crippen molar-refractivity contribution in [1.29, 1.82) is 0 Å². The molecule has 5 heteroatoms. The number of hydrogen-bond donors (Lipinski definition) is 2. The Balaban J connectivity index is 3.76. The van der Waals surface area contributed by atoms with Crippen molar-refractivity contribution in [3.8, 4) is 0 Å². The molecule has 0 saturated heterocycles. The van der Waals surface area contributed by atoms with Gasteiger partial charge in [-0.3, -0.25) is 9.59 Å². The molecule has 0 aromatic rings. The van der Waals surface area contributed by atoms with Crippen molar-refractivity contribution >= 4 is 11.9 Å². The van der Waals surface area contributed by atoms with Crippen LogP contribution in [0.15, 0.2) is 0 Å². The van der Waals surface area contributed by atoms with Gasteiger partial charge in [0.1, 0.15) is 0 Å². The standard InChI is InChI=1S/C8H15NO4/c1-8(2,7(11)12)5-9-4-6(10)13-3/h9H,4-5H2,1-3H3,(H,11,12). The zero-order chi connectivity index (χ0) is 10.5. The van der Waals surface area contributed by atoms with E-state index in [1.54, 1.807) is 13.8 Å². The zero-order valence-electron chi connectivity index (χ0n) is 8.09. The van der Waals surface area contributed by atoms with Crippen LogP contribution in [0.3, 0.4) is 0 Å². The van der Waals surface area contributed by atoms with E-state index >= 15 is 0 Å². The molecule has 0 unspecified atom stereocenters. The average molecular weight is 189 g/mol. The number of carboxylic acid groups (broad SMARTS) is 1. The summed E-state index contributed by atoms with van der Waals surface area (Å²) in [6.07, 6.45) is 0. The van der Waals surface area contributed by atoms with Gasteiger partial charge < -0.3 is 15.2 Å². The lowest BCUT2D eigenvalue weighted by Crippen LogP contribution is -2.38. The SMILES string of the molecule is COC(=O)CNCC(C)(C)C(=O)O. The molecule has 5 nitrogen and oxygen atoms in total. The third-order valence-corrected chi connectivity index (χ3v) is 1.64. The van der Waals surface area contributed by atoms with Crippen molar-refractivity contribution in [1.82, 2.24) is 5.32 Å². The maximum Gasteiger partial charge on any atom is 0.319 e. The Kier molecular flexibility index (Phi) is 4.40.